The summed E-state index contributed by atoms with van der Waals surface area (Å²) in [5, 5.41) is 0. The Morgan fingerprint density at radius 2 is 2.00 bits per heavy atom. The number of hydrogen-bond donors (Lipinski definition) is 1. The summed E-state index contributed by atoms with van der Waals surface area (Å²) >= 11 is 4.91. The van der Waals surface area contributed by atoms with Gasteiger partial charge in [0.25, 0.3) is 5.56 Å². The van der Waals surface area contributed by atoms with Crippen molar-refractivity contribution in [3.05, 3.63) is 26.9 Å². The van der Waals surface area contributed by atoms with E-state index in [1.54, 1.807) is 10.8 Å². The van der Waals surface area contributed by atoms with Gasteiger partial charge in [0.15, 0.2) is 4.77 Å². The SMILES string of the molecule is CC.CN(C)Cc1cn(C)c(=S)[nH]c1=O. The van der Waals surface area contributed by atoms with E-state index in [1.165, 1.54) is 0 Å². The van der Waals surface area contributed by atoms with Crippen LogP contribution in [0, 0.1) is 4.77 Å². The second-order valence-electron chi connectivity index (χ2n) is 3.26. The van der Waals surface area contributed by atoms with Crippen LogP contribution in [0.1, 0.15) is 19.4 Å². The number of rotatable bonds is 2. The maximum absolute atomic E-state index is 11.4. The zero-order valence-electron chi connectivity index (χ0n) is 10.00. The molecule has 0 aliphatic carbocycles. The average Bonchev–Trinajstić information content (AvgIpc) is 2.17. The van der Waals surface area contributed by atoms with Crippen molar-refractivity contribution in [3.63, 3.8) is 0 Å². The molecule has 15 heavy (non-hydrogen) atoms. The van der Waals surface area contributed by atoms with Crippen molar-refractivity contribution in [1.82, 2.24) is 14.5 Å². The van der Waals surface area contributed by atoms with Crippen LogP contribution in [-0.2, 0) is 13.6 Å². The van der Waals surface area contributed by atoms with Gasteiger partial charge in [-0.15, -0.1) is 0 Å². The molecule has 1 aromatic heterocycles. The summed E-state index contributed by atoms with van der Waals surface area (Å²) in [7, 11) is 5.65. The predicted octanol–water partition coefficient (Wildman–Crippen LogP) is 1.53. The molecule has 1 rings (SSSR count). The molecule has 1 N–H and O–H groups in total. The molecule has 5 heteroatoms. The highest BCUT2D eigenvalue weighted by Crippen LogP contribution is 1.93. The van der Waals surface area contributed by atoms with Crippen LogP contribution >= 0.6 is 12.2 Å². The Morgan fingerprint density at radius 3 is 2.47 bits per heavy atom. The van der Waals surface area contributed by atoms with E-state index in [2.05, 4.69) is 4.98 Å². The molecule has 4 nitrogen and oxygen atoms in total. The van der Waals surface area contributed by atoms with E-state index >= 15 is 0 Å². The molecule has 0 saturated carbocycles. The van der Waals surface area contributed by atoms with E-state index in [0.29, 0.717) is 11.3 Å². The Kier molecular flexibility index (Phi) is 6.12. The molecule has 1 aromatic rings. The van der Waals surface area contributed by atoms with Crippen LogP contribution in [0.15, 0.2) is 11.0 Å². The fraction of sp³-hybridized carbons (Fsp3) is 0.600. The number of H-pyrrole nitrogens is 1. The second-order valence-corrected chi connectivity index (χ2v) is 3.65. The van der Waals surface area contributed by atoms with Crippen LogP contribution in [0.5, 0.6) is 0 Å². The van der Waals surface area contributed by atoms with Gasteiger partial charge in [0.2, 0.25) is 0 Å². The van der Waals surface area contributed by atoms with Crippen LogP contribution < -0.4 is 5.56 Å². The van der Waals surface area contributed by atoms with Crippen molar-refractivity contribution < 1.29 is 0 Å². The zero-order chi connectivity index (χ0) is 12.0. The van der Waals surface area contributed by atoms with Crippen molar-refractivity contribution in [3.8, 4) is 0 Å². The van der Waals surface area contributed by atoms with E-state index in [-0.39, 0.29) is 5.56 Å². The van der Waals surface area contributed by atoms with E-state index in [4.69, 9.17) is 12.2 Å². The summed E-state index contributed by atoms with van der Waals surface area (Å²) in [6.07, 6.45) is 1.77. The molecule has 0 aliphatic heterocycles. The van der Waals surface area contributed by atoms with Gasteiger partial charge in [-0.2, -0.15) is 0 Å². The molecule has 0 amide bonds. The first-order chi connectivity index (χ1) is 7.00. The van der Waals surface area contributed by atoms with Crippen molar-refractivity contribution in [2.24, 2.45) is 7.05 Å². The maximum atomic E-state index is 11.4. The molecule has 0 unspecified atom stereocenters. The summed E-state index contributed by atoms with van der Waals surface area (Å²) in [6.45, 7) is 4.62. The number of hydrogen-bond acceptors (Lipinski definition) is 3. The minimum atomic E-state index is -0.100. The Labute approximate surface area is 95.6 Å². The Balaban J connectivity index is 0.000000921. The molecule has 0 aromatic carbocycles. The molecule has 0 saturated heterocycles. The largest absolute Gasteiger partial charge is 0.328 e. The van der Waals surface area contributed by atoms with Gasteiger partial charge in [-0.05, 0) is 26.3 Å². The zero-order valence-corrected chi connectivity index (χ0v) is 10.8. The van der Waals surface area contributed by atoms with Gasteiger partial charge in [-0.3, -0.25) is 9.78 Å². The second kappa shape index (κ2) is 6.53. The van der Waals surface area contributed by atoms with E-state index < -0.39 is 0 Å². The molecular weight excluding hydrogens is 210 g/mol. The number of aromatic nitrogens is 2. The number of nitrogens with zero attached hydrogens (tertiary/aromatic N) is 2. The third-order valence-electron chi connectivity index (χ3n) is 1.67. The summed E-state index contributed by atoms with van der Waals surface area (Å²) in [5.41, 5.74) is 0.623. The van der Waals surface area contributed by atoms with Crippen molar-refractivity contribution in [2.75, 3.05) is 14.1 Å². The molecule has 1 heterocycles. The molecule has 0 aliphatic rings. The average molecular weight is 229 g/mol. The molecular formula is C10H19N3OS. The Hall–Kier alpha value is -0.940. The minimum absolute atomic E-state index is 0.100. The Morgan fingerprint density at radius 1 is 1.47 bits per heavy atom. The highest BCUT2D eigenvalue weighted by molar-refractivity contribution is 7.71. The molecule has 86 valence electrons. The molecule has 0 atom stereocenters. The lowest BCUT2D eigenvalue weighted by Gasteiger charge is -2.09. The summed E-state index contributed by atoms with van der Waals surface area (Å²) in [5.74, 6) is 0. The molecule has 0 spiro atoms. The minimum Gasteiger partial charge on any atom is -0.328 e. The third kappa shape index (κ3) is 4.40. The van der Waals surface area contributed by atoms with Gasteiger partial charge in [-0.1, -0.05) is 13.8 Å². The molecule has 0 fully saturated rings. The monoisotopic (exact) mass is 229 g/mol. The fourth-order valence-corrected chi connectivity index (χ4v) is 1.22. The van der Waals surface area contributed by atoms with Crippen LogP contribution in [-0.4, -0.2) is 28.5 Å². The van der Waals surface area contributed by atoms with E-state index in [0.717, 1.165) is 5.56 Å². The number of aryl methyl sites for hydroxylation is 1. The standard InChI is InChI=1S/C8H13N3OS.C2H6/c1-10(2)4-6-5-11(3)8(13)9-7(6)12;1-2/h5H,4H2,1-3H3,(H,9,12,13);1-2H3. The van der Waals surface area contributed by atoms with Gasteiger partial charge in [0.05, 0.1) is 0 Å². The van der Waals surface area contributed by atoms with Crippen molar-refractivity contribution in [2.45, 2.75) is 20.4 Å². The maximum Gasteiger partial charge on any atom is 0.256 e. The van der Waals surface area contributed by atoms with Gasteiger partial charge >= 0.3 is 0 Å². The van der Waals surface area contributed by atoms with Crippen LogP contribution in [0.2, 0.25) is 0 Å². The quantitative estimate of drug-likeness (QED) is 0.782. The molecule has 0 bridgehead atoms. The first-order valence-corrected chi connectivity index (χ1v) is 5.35. The number of nitrogens with one attached hydrogen (secondary N) is 1. The highest BCUT2D eigenvalue weighted by Gasteiger charge is 2.01. The van der Waals surface area contributed by atoms with Gasteiger partial charge in [-0.25, -0.2) is 0 Å². The van der Waals surface area contributed by atoms with Crippen LogP contribution in [0.25, 0.3) is 0 Å². The van der Waals surface area contributed by atoms with Crippen LogP contribution in [0.4, 0.5) is 0 Å². The van der Waals surface area contributed by atoms with Crippen molar-refractivity contribution in [1.29, 1.82) is 0 Å². The number of aromatic amines is 1. The Bertz CT molecular complexity index is 406. The highest BCUT2D eigenvalue weighted by atomic mass is 32.1. The first-order valence-electron chi connectivity index (χ1n) is 4.94. The third-order valence-corrected chi connectivity index (χ3v) is 2.06. The van der Waals surface area contributed by atoms with Crippen molar-refractivity contribution >= 4 is 12.2 Å². The van der Waals surface area contributed by atoms with Crippen LogP contribution in [0.3, 0.4) is 0 Å². The fourth-order valence-electron chi connectivity index (χ4n) is 1.07. The predicted molar refractivity (Wildman–Crippen MR) is 65.6 cm³/mol. The molecule has 0 radical (unpaired) electrons. The first kappa shape index (κ1) is 14.1. The summed E-state index contributed by atoms with van der Waals surface area (Å²) in [4.78, 5) is 15.9. The van der Waals surface area contributed by atoms with Gasteiger partial charge < -0.3 is 9.47 Å². The lowest BCUT2D eigenvalue weighted by Crippen LogP contribution is -2.22. The van der Waals surface area contributed by atoms with Gasteiger partial charge in [0, 0.05) is 25.4 Å². The summed E-state index contributed by atoms with van der Waals surface area (Å²) in [6, 6.07) is 0. The van der Waals surface area contributed by atoms with Gasteiger partial charge in [0.1, 0.15) is 0 Å². The summed E-state index contributed by atoms with van der Waals surface area (Å²) < 4.78 is 2.18. The topological polar surface area (TPSA) is 41.0 Å². The van der Waals surface area contributed by atoms with E-state index in [1.807, 2.05) is 39.9 Å². The lowest BCUT2D eigenvalue weighted by molar-refractivity contribution is 0.398. The van der Waals surface area contributed by atoms with E-state index in [9.17, 15) is 4.79 Å². The smallest absolute Gasteiger partial charge is 0.256 e. The lowest BCUT2D eigenvalue weighted by atomic mass is 10.3. The normalized spacial score (nSPS) is 9.73.